The van der Waals surface area contributed by atoms with Crippen LogP contribution >= 0.6 is 0 Å². The van der Waals surface area contributed by atoms with E-state index in [2.05, 4.69) is 0 Å². The summed E-state index contributed by atoms with van der Waals surface area (Å²) in [7, 11) is 4.47. The maximum Gasteiger partial charge on any atom is 0.340 e. The van der Waals surface area contributed by atoms with E-state index in [0.717, 1.165) is 25.7 Å². The van der Waals surface area contributed by atoms with Crippen LogP contribution in [0.4, 0.5) is 0 Å². The van der Waals surface area contributed by atoms with Gasteiger partial charge >= 0.3 is 5.97 Å². The summed E-state index contributed by atoms with van der Waals surface area (Å²) < 4.78 is 15.7. The van der Waals surface area contributed by atoms with Crippen LogP contribution in [-0.4, -0.2) is 44.1 Å². The summed E-state index contributed by atoms with van der Waals surface area (Å²) >= 11 is 0. The quantitative estimate of drug-likeness (QED) is 0.571. The summed E-state index contributed by atoms with van der Waals surface area (Å²) in [5, 5.41) is 0. The predicted molar refractivity (Wildman–Crippen MR) is 106 cm³/mol. The third-order valence-corrected chi connectivity index (χ3v) is 5.51. The fourth-order valence-corrected chi connectivity index (χ4v) is 4.07. The minimum absolute atomic E-state index is 0.129. The molecule has 2 aliphatic rings. The molecule has 1 heterocycles. The molecule has 0 saturated heterocycles. The lowest BCUT2D eigenvalue weighted by Gasteiger charge is -2.32. The molecule has 1 aliphatic carbocycles. The van der Waals surface area contributed by atoms with Gasteiger partial charge < -0.3 is 19.1 Å². The Hall–Kier alpha value is -2.76. The lowest BCUT2D eigenvalue weighted by Crippen LogP contribution is -2.37. The van der Waals surface area contributed by atoms with Crippen LogP contribution in [0.1, 0.15) is 44.6 Å². The lowest BCUT2D eigenvalue weighted by atomic mass is 9.94. The van der Waals surface area contributed by atoms with Crippen molar-refractivity contribution >= 4 is 18.0 Å². The van der Waals surface area contributed by atoms with Crippen molar-refractivity contribution in [1.29, 1.82) is 0 Å². The monoisotopic (exact) mass is 385 g/mol. The molecule has 1 aliphatic heterocycles. The van der Waals surface area contributed by atoms with Crippen LogP contribution in [0.5, 0.6) is 11.5 Å². The first-order valence-corrected chi connectivity index (χ1v) is 9.58. The zero-order valence-corrected chi connectivity index (χ0v) is 16.9. The Kier molecular flexibility index (Phi) is 6.07. The van der Waals surface area contributed by atoms with Gasteiger partial charge in [-0.3, -0.25) is 4.79 Å². The van der Waals surface area contributed by atoms with Gasteiger partial charge in [0.15, 0.2) is 0 Å². The van der Waals surface area contributed by atoms with E-state index in [4.69, 9.17) is 14.2 Å². The first-order chi connectivity index (χ1) is 13.5. The normalized spacial score (nSPS) is 19.4. The van der Waals surface area contributed by atoms with Crippen molar-refractivity contribution in [2.45, 2.75) is 45.1 Å². The smallest absolute Gasteiger partial charge is 0.340 e. The van der Waals surface area contributed by atoms with Gasteiger partial charge in [-0.25, -0.2) is 4.79 Å². The third-order valence-electron chi connectivity index (χ3n) is 5.51. The summed E-state index contributed by atoms with van der Waals surface area (Å²) in [5.74, 6) is 0.573. The van der Waals surface area contributed by atoms with Gasteiger partial charge in [-0.15, -0.1) is 0 Å². The summed E-state index contributed by atoms with van der Waals surface area (Å²) in [4.78, 5) is 27.6. The van der Waals surface area contributed by atoms with Gasteiger partial charge in [0.2, 0.25) is 0 Å². The number of esters is 1. The SMILES string of the molecule is COC(=O)C1=C(C)N(C2CCCCC2)C(=O)/C1=C\c1ccc(OC)cc1OC. The van der Waals surface area contributed by atoms with Gasteiger partial charge in [0.05, 0.1) is 32.5 Å². The number of hydrogen-bond acceptors (Lipinski definition) is 5. The fraction of sp³-hybridized carbons (Fsp3) is 0.455. The molecule has 1 amide bonds. The summed E-state index contributed by atoms with van der Waals surface area (Å²) in [6.45, 7) is 1.82. The highest BCUT2D eigenvalue weighted by Crippen LogP contribution is 2.38. The van der Waals surface area contributed by atoms with Crippen molar-refractivity contribution in [3.05, 3.63) is 40.6 Å². The van der Waals surface area contributed by atoms with Crippen molar-refractivity contribution in [3.8, 4) is 11.5 Å². The molecule has 1 aromatic carbocycles. The van der Waals surface area contributed by atoms with E-state index in [1.807, 2.05) is 13.0 Å². The summed E-state index contributed by atoms with van der Waals surface area (Å²) in [5.41, 5.74) is 2.04. The molecule has 0 atom stereocenters. The Bertz CT molecular complexity index is 833. The number of allylic oxidation sites excluding steroid dienone is 1. The fourth-order valence-electron chi connectivity index (χ4n) is 4.07. The average Bonchev–Trinajstić information content (AvgIpc) is 2.97. The lowest BCUT2D eigenvalue weighted by molar-refractivity contribution is -0.136. The minimum Gasteiger partial charge on any atom is -0.497 e. The highest BCUT2D eigenvalue weighted by Gasteiger charge is 2.40. The number of nitrogens with zero attached hydrogens (tertiary/aromatic N) is 1. The van der Waals surface area contributed by atoms with E-state index < -0.39 is 5.97 Å². The van der Waals surface area contributed by atoms with E-state index in [0.29, 0.717) is 33.9 Å². The van der Waals surface area contributed by atoms with Crippen LogP contribution in [0.2, 0.25) is 0 Å². The molecule has 3 rings (SSSR count). The highest BCUT2D eigenvalue weighted by molar-refractivity contribution is 6.16. The standard InChI is InChI=1S/C22H27NO5/c1-14-20(22(25)28-4)18(21(24)23(14)16-8-6-5-7-9-16)12-15-10-11-17(26-2)13-19(15)27-3/h10-13,16H,5-9H2,1-4H3/b18-12-. The van der Waals surface area contributed by atoms with Crippen molar-refractivity contribution in [2.24, 2.45) is 0 Å². The van der Waals surface area contributed by atoms with Crippen molar-refractivity contribution in [3.63, 3.8) is 0 Å². The third kappa shape index (κ3) is 3.63. The number of methoxy groups -OCH3 is 3. The molecule has 6 nitrogen and oxygen atoms in total. The van der Waals surface area contributed by atoms with Crippen LogP contribution in [0.25, 0.3) is 6.08 Å². The molecule has 6 heteroatoms. The van der Waals surface area contributed by atoms with E-state index in [9.17, 15) is 9.59 Å². The number of ether oxygens (including phenoxy) is 3. The molecule has 150 valence electrons. The number of rotatable bonds is 5. The number of benzene rings is 1. The maximum absolute atomic E-state index is 13.3. The van der Waals surface area contributed by atoms with Crippen molar-refractivity contribution < 1.29 is 23.8 Å². The molecule has 1 aromatic rings. The van der Waals surface area contributed by atoms with Crippen LogP contribution in [0, 0.1) is 0 Å². The molecular weight excluding hydrogens is 358 g/mol. The maximum atomic E-state index is 13.3. The van der Waals surface area contributed by atoms with Gasteiger partial charge in [-0.2, -0.15) is 0 Å². The van der Waals surface area contributed by atoms with Crippen LogP contribution in [-0.2, 0) is 14.3 Å². The summed E-state index contributed by atoms with van der Waals surface area (Å²) in [6.07, 6.45) is 7.00. The predicted octanol–water partition coefficient (Wildman–Crippen LogP) is 3.71. The Morgan fingerprint density at radius 3 is 2.43 bits per heavy atom. The van der Waals surface area contributed by atoms with E-state index >= 15 is 0 Å². The largest absolute Gasteiger partial charge is 0.497 e. The van der Waals surface area contributed by atoms with Gasteiger partial charge in [0.25, 0.3) is 5.91 Å². The van der Waals surface area contributed by atoms with E-state index in [1.54, 1.807) is 37.3 Å². The molecule has 1 saturated carbocycles. The van der Waals surface area contributed by atoms with Crippen LogP contribution < -0.4 is 9.47 Å². The number of carbonyl (C=O) groups excluding carboxylic acids is 2. The number of hydrogen-bond donors (Lipinski definition) is 0. The minimum atomic E-state index is -0.497. The Balaban J connectivity index is 2.07. The molecular formula is C22H27NO5. The zero-order valence-electron chi connectivity index (χ0n) is 16.9. The number of carbonyl (C=O) groups is 2. The van der Waals surface area contributed by atoms with Crippen LogP contribution in [0.3, 0.4) is 0 Å². The molecule has 0 unspecified atom stereocenters. The molecule has 0 aromatic heterocycles. The van der Waals surface area contributed by atoms with Gasteiger partial charge in [-0.1, -0.05) is 19.3 Å². The molecule has 0 N–H and O–H groups in total. The number of amides is 1. The topological polar surface area (TPSA) is 65.1 Å². The first kappa shape index (κ1) is 20.0. The van der Waals surface area contributed by atoms with Gasteiger partial charge in [0.1, 0.15) is 11.5 Å². The van der Waals surface area contributed by atoms with Gasteiger partial charge in [-0.05, 0) is 38.0 Å². The summed E-state index contributed by atoms with van der Waals surface area (Å²) in [6, 6.07) is 5.48. The Morgan fingerprint density at radius 1 is 1.11 bits per heavy atom. The zero-order chi connectivity index (χ0) is 20.3. The Morgan fingerprint density at radius 2 is 1.82 bits per heavy atom. The van der Waals surface area contributed by atoms with Crippen LogP contribution in [0.15, 0.2) is 35.0 Å². The highest BCUT2D eigenvalue weighted by atomic mass is 16.5. The molecule has 0 radical (unpaired) electrons. The average molecular weight is 385 g/mol. The second-order valence-corrected chi connectivity index (χ2v) is 7.08. The van der Waals surface area contributed by atoms with Crippen molar-refractivity contribution in [2.75, 3.05) is 21.3 Å². The second kappa shape index (κ2) is 8.50. The molecule has 28 heavy (non-hydrogen) atoms. The first-order valence-electron chi connectivity index (χ1n) is 9.58. The van der Waals surface area contributed by atoms with E-state index in [-0.39, 0.29) is 11.9 Å². The molecule has 0 spiro atoms. The Labute approximate surface area is 165 Å². The van der Waals surface area contributed by atoms with Gasteiger partial charge in [0, 0.05) is 23.4 Å². The molecule has 0 bridgehead atoms. The van der Waals surface area contributed by atoms with Crippen molar-refractivity contribution in [1.82, 2.24) is 4.90 Å². The second-order valence-electron chi connectivity index (χ2n) is 7.08. The van der Waals surface area contributed by atoms with E-state index in [1.165, 1.54) is 13.5 Å². The molecule has 1 fully saturated rings.